The zero-order chi connectivity index (χ0) is 14.9. The van der Waals surface area contributed by atoms with Crippen LogP contribution in [0, 0.1) is 0 Å². The number of carbonyl (C=O) groups is 2. The van der Waals surface area contributed by atoms with Crippen molar-refractivity contribution in [1.29, 1.82) is 0 Å². The first-order valence-electron chi connectivity index (χ1n) is 5.76. The number of aromatic nitrogens is 3. The number of aliphatic hydroxyl groups is 2. The van der Waals surface area contributed by atoms with E-state index in [1.807, 2.05) is 0 Å². The van der Waals surface area contributed by atoms with E-state index in [1.54, 1.807) is 0 Å². The minimum absolute atomic E-state index is 0.207. The lowest BCUT2D eigenvalue weighted by Crippen LogP contribution is -2.34. The van der Waals surface area contributed by atoms with Crippen LogP contribution in [0.25, 0.3) is 0 Å². The molecule has 0 spiro atoms. The normalized spacial score (nSPS) is 29.4. The van der Waals surface area contributed by atoms with Gasteiger partial charge in [0.25, 0.3) is 5.91 Å². The Morgan fingerprint density at radius 2 is 2.20 bits per heavy atom. The van der Waals surface area contributed by atoms with Gasteiger partial charge in [-0.15, -0.1) is 5.10 Å². The maximum atomic E-state index is 10.9. The zero-order valence-electron chi connectivity index (χ0n) is 10.5. The molecule has 110 valence electrons. The van der Waals surface area contributed by atoms with Crippen LogP contribution in [0.3, 0.4) is 0 Å². The molecule has 1 saturated heterocycles. The van der Waals surface area contributed by atoms with E-state index in [-0.39, 0.29) is 12.4 Å². The van der Waals surface area contributed by atoms with E-state index in [1.165, 1.54) is 6.92 Å². The van der Waals surface area contributed by atoms with Gasteiger partial charge in [0.05, 0.1) is 0 Å². The van der Waals surface area contributed by atoms with E-state index in [9.17, 15) is 19.8 Å². The van der Waals surface area contributed by atoms with Crippen LogP contribution in [0.5, 0.6) is 0 Å². The van der Waals surface area contributed by atoms with Crippen molar-refractivity contribution in [3.05, 3.63) is 12.2 Å². The molecular formula is C10H14N4O6. The second-order valence-electron chi connectivity index (χ2n) is 4.26. The van der Waals surface area contributed by atoms with Crippen molar-refractivity contribution >= 4 is 11.9 Å². The Morgan fingerprint density at radius 3 is 2.75 bits per heavy atom. The largest absolute Gasteiger partial charge is 0.463 e. The van der Waals surface area contributed by atoms with Gasteiger partial charge >= 0.3 is 5.97 Å². The molecular weight excluding hydrogens is 272 g/mol. The van der Waals surface area contributed by atoms with Gasteiger partial charge in [0, 0.05) is 6.92 Å². The van der Waals surface area contributed by atoms with Crippen LogP contribution in [0.2, 0.25) is 0 Å². The number of nitrogens with two attached hydrogens (primary N) is 1. The Hall–Kier alpha value is -2.04. The Bertz CT molecular complexity index is 518. The molecule has 1 aromatic rings. The van der Waals surface area contributed by atoms with Gasteiger partial charge < -0.3 is 25.4 Å². The molecule has 1 amide bonds. The first-order valence-corrected chi connectivity index (χ1v) is 5.76. The van der Waals surface area contributed by atoms with Gasteiger partial charge in [0.2, 0.25) is 5.82 Å². The van der Waals surface area contributed by atoms with Crippen LogP contribution >= 0.6 is 0 Å². The molecule has 0 bridgehead atoms. The summed E-state index contributed by atoms with van der Waals surface area (Å²) >= 11 is 0. The average molecular weight is 286 g/mol. The van der Waals surface area contributed by atoms with E-state index in [4.69, 9.17) is 15.2 Å². The first kappa shape index (κ1) is 14.4. The van der Waals surface area contributed by atoms with Gasteiger partial charge in [-0.2, -0.15) is 0 Å². The number of ether oxygens (including phenoxy) is 2. The number of hydrogen-bond donors (Lipinski definition) is 3. The minimum Gasteiger partial charge on any atom is -0.463 e. The second kappa shape index (κ2) is 5.53. The summed E-state index contributed by atoms with van der Waals surface area (Å²) in [6.07, 6.45) is -3.38. The second-order valence-corrected chi connectivity index (χ2v) is 4.26. The predicted molar refractivity (Wildman–Crippen MR) is 61.1 cm³/mol. The molecule has 0 radical (unpaired) electrons. The summed E-state index contributed by atoms with van der Waals surface area (Å²) < 4.78 is 11.1. The highest BCUT2D eigenvalue weighted by atomic mass is 16.6. The van der Waals surface area contributed by atoms with E-state index in [0.717, 1.165) is 11.0 Å². The molecule has 1 fully saturated rings. The van der Waals surface area contributed by atoms with Gasteiger partial charge in [-0.05, 0) is 0 Å². The average Bonchev–Trinajstić information content (AvgIpc) is 2.95. The Kier molecular flexibility index (Phi) is 3.97. The lowest BCUT2D eigenvalue weighted by Gasteiger charge is -2.13. The Labute approximate surface area is 113 Å². The van der Waals surface area contributed by atoms with Crippen molar-refractivity contribution in [2.24, 2.45) is 5.73 Å². The van der Waals surface area contributed by atoms with Crippen LogP contribution in [-0.2, 0) is 14.3 Å². The van der Waals surface area contributed by atoms with Gasteiger partial charge in [-0.1, -0.05) is 0 Å². The number of esters is 1. The van der Waals surface area contributed by atoms with E-state index < -0.39 is 36.4 Å². The van der Waals surface area contributed by atoms with Gasteiger partial charge in [0.15, 0.2) is 6.23 Å². The summed E-state index contributed by atoms with van der Waals surface area (Å²) in [5.74, 6) is -1.59. The molecule has 4 atom stereocenters. The lowest BCUT2D eigenvalue weighted by molar-refractivity contribution is -0.147. The highest BCUT2D eigenvalue weighted by Gasteiger charge is 2.44. The lowest BCUT2D eigenvalue weighted by atomic mass is 10.1. The molecule has 1 aliphatic heterocycles. The molecule has 10 heteroatoms. The number of carbonyl (C=O) groups excluding carboxylic acids is 2. The maximum Gasteiger partial charge on any atom is 0.302 e. The fourth-order valence-electron chi connectivity index (χ4n) is 1.80. The fourth-order valence-corrected chi connectivity index (χ4v) is 1.80. The number of hydrogen-bond acceptors (Lipinski definition) is 8. The van der Waals surface area contributed by atoms with Crippen LogP contribution < -0.4 is 5.73 Å². The molecule has 0 saturated carbocycles. The molecule has 0 aromatic carbocycles. The third-order valence-corrected chi connectivity index (χ3v) is 2.78. The fraction of sp³-hybridized carbons (Fsp3) is 0.600. The highest BCUT2D eigenvalue weighted by Crippen LogP contribution is 2.28. The summed E-state index contributed by atoms with van der Waals surface area (Å²) in [6.45, 7) is 1.01. The summed E-state index contributed by atoms with van der Waals surface area (Å²) in [5.41, 5.74) is 5.01. The summed E-state index contributed by atoms with van der Waals surface area (Å²) in [5, 5.41) is 23.4. The van der Waals surface area contributed by atoms with Crippen molar-refractivity contribution in [1.82, 2.24) is 14.8 Å². The third-order valence-electron chi connectivity index (χ3n) is 2.78. The van der Waals surface area contributed by atoms with Crippen LogP contribution in [-0.4, -0.2) is 61.8 Å². The van der Waals surface area contributed by atoms with Gasteiger partial charge in [-0.25, -0.2) is 9.67 Å². The number of amides is 1. The molecule has 2 heterocycles. The van der Waals surface area contributed by atoms with Crippen molar-refractivity contribution in [2.75, 3.05) is 6.61 Å². The number of aliphatic hydroxyl groups excluding tert-OH is 2. The smallest absolute Gasteiger partial charge is 0.302 e. The molecule has 1 aromatic heterocycles. The Morgan fingerprint density at radius 1 is 1.50 bits per heavy atom. The molecule has 1 aliphatic rings. The van der Waals surface area contributed by atoms with Crippen molar-refractivity contribution in [2.45, 2.75) is 31.5 Å². The first-order chi connectivity index (χ1) is 9.40. The van der Waals surface area contributed by atoms with Crippen LogP contribution in [0.15, 0.2) is 6.33 Å². The topological polar surface area (TPSA) is 150 Å². The molecule has 4 N–H and O–H groups in total. The Balaban J connectivity index is 2.08. The minimum atomic E-state index is -1.31. The standard InChI is InChI=1S/C10H14N4O6/c1-4(15)19-2-5-6(16)7(17)10(20-5)14-3-12-9(13-14)8(11)18/h3,5-7,10,16-17H,2H2,1H3,(H2,11,18)/t5-,6-,7-,10-/m1/s1. The molecule has 0 aliphatic carbocycles. The third kappa shape index (κ3) is 2.76. The molecule has 0 unspecified atom stereocenters. The maximum absolute atomic E-state index is 10.9. The zero-order valence-corrected chi connectivity index (χ0v) is 10.5. The quantitative estimate of drug-likeness (QED) is 0.516. The van der Waals surface area contributed by atoms with Gasteiger partial charge in [0.1, 0.15) is 31.2 Å². The molecule has 20 heavy (non-hydrogen) atoms. The molecule has 10 nitrogen and oxygen atoms in total. The summed E-state index contributed by atoms with van der Waals surface area (Å²) in [4.78, 5) is 25.2. The number of rotatable bonds is 4. The SMILES string of the molecule is CC(=O)OC[C@H]1O[C@@H](n2cnc(C(N)=O)n2)[C@H](O)[C@@H]1O. The number of nitrogens with zero attached hydrogens (tertiary/aromatic N) is 3. The monoisotopic (exact) mass is 286 g/mol. The summed E-state index contributed by atoms with van der Waals surface area (Å²) in [7, 11) is 0. The van der Waals surface area contributed by atoms with Crippen molar-refractivity contribution in [3.63, 3.8) is 0 Å². The van der Waals surface area contributed by atoms with E-state index >= 15 is 0 Å². The summed E-state index contributed by atoms with van der Waals surface area (Å²) in [6, 6.07) is 0. The van der Waals surface area contributed by atoms with Gasteiger partial charge in [-0.3, -0.25) is 9.59 Å². The van der Waals surface area contributed by atoms with E-state index in [2.05, 4.69) is 10.1 Å². The molecule has 2 rings (SSSR count). The predicted octanol–water partition coefficient (Wildman–Crippen LogP) is -2.44. The van der Waals surface area contributed by atoms with Crippen LogP contribution in [0.1, 0.15) is 23.8 Å². The highest BCUT2D eigenvalue weighted by molar-refractivity contribution is 5.88. The number of primary amides is 1. The van der Waals surface area contributed by atoms with E-state index in [0.29, 0.717) is 0 Å². The van der Waals surface area contributed by atoms with Crippen molar-refractivity contribution < 1.29 is 29.3 Å². The van der Waals surface area contributed by atoms with Crippen molar-refractivity contribution in [3.8, 4) is 0 Å². The van der Waals surface area contributed by atoms with Crippen LogP contribution in [0.4, 0.5) is 0 Å².